The fourth-order valence-corrected chi connectivity index (χ4v) is 10.3. The lowest BCUT2D eigenvalue weighted by molar-refractivity contribution is 0.0364. The van der Waals surface area contributed by atoms with Crippen molar-refractivity contribution in [2.75, 3.05) is 0 Å². The van der Waals surface area contributed by atoms with Crippen molar-refractivity contribution in [3.05, 3.63) is 0 Å². The highest BCUT2D eigenvalue weighted by molar-refractivity contribution is 4.95. The predicted molar refractivity (Wildman–Crippen MR) is 205 cm³/mol. The molecule has 3 fully saturated rings. The molecule has 3 aliphatic rings. The summed E-state index contributed by atoms with van der Waals surface area (Å²) in [4.78, 5) is 0. The average Bonchev–Trinajstić information content (AvgIpc) is 3.01. The molecule has 2 saturated heterocycles. The standard InChI is InChI=1S/C44H86N2/c1-29(2)36-24-37(30(3)4)26-38(25-36)40(39-27-43(33(9)10)46-44(28-39)34(11)12)21-19-17-15-13-14-16-18-20-35-22-41(31(5)6)45-42(23-35)32(7)8/h29-46H,13-28H2,1-12H3. The van der Waals surface area contributed by atoms with Crippen LogP contribution in [0.1, 0.15) is 186 Å². The van der Waals surface area contributed by atoms with E-state index in [4.69, 9.17) is 0 Å². The average molecular weight is 643 g/mol. The highest BCUT2D eigenvalue weighted by Crippen LogP contribution is 2.48. The van der Waals surface area contributed by atoms with Gasteiger partial charge in [-0.1, -0.05) is 134 Å². The van der Waals surface area contributed by atoms with Crippen molar-refractivity contribution in [1.29, 1.82) is 0 Å². The SMILES string of the molecule is CC(C)C1CC(C(C)C)CC(C(CCCCCCCCCC2CC(C(C)C)NC(C(C)C)C2)C2CC(C(C)C)NC(C(C)C)C2)C1. The largest absolute Gasteiger partial charge is 0.311 e. The van der Waals surface area contributed by atoms with Crippen LogP contribution in [-0.4, -0.2) is 24.2 Å². The number of rotatable bonds is 18. The van der Waals surface area contributed by atoms with Crippen LogP contribution in [0.5, 0.6) is 0 Å². The summed E-state index contributed by atoms with van der Waals surface area (Å²) < 4.78 is 0. The first-order valence-electron chi connectivity index (χ1n) is 21.3. The Balaban J connectivity index is 1.51. The minimum atomic E-state index is 0.705. The van der Waals surface area contributed by atoms with Crippen molar-refractivity contribution in [2.24, 2.45) is 71.0 Å². The molecule has 272 valence electrons. The quantitative estimate of drug-likeness (QED) is 0.145. The molecule has 0 spiro atoms. The fourth-order valence-electron chi connectivity index (χ4n) is 10.3. The second-order valence-electron chi connectivity index (χ2n) is 19.5. The van der Waals surface area contributed by atoms with Crippen LogP contribution in [0.2, 0.25) is 0 Å². The van der Waals surface area contributed by atoms with Gasteiger partial charge in [0.1, 0.15) is 0 Å². The fraction of sp³-hybridized carbons (Fsp3) is 1.00. The number of unbranched alkanes of at least 4 members (excludes halogenated alkanes) is 6. The van der Waals surface area contributed by atoms with Gasteiger partial charge in [0.25, 0.3) is 0 Å². The summed E-state index contributed by atoms with van der Waals surface area (Å²) in [5, 5.41) is 8.11. The van der Waals surface area contributed by atoms with Crippen LogP contribution in [0.4, 0.5) is 0 Å². The Kier molecular flexibility index (Phi) is 17.5. The predicted octanol–water partition coefficient (Wildman–Crippen LogP) is 12.6. The monoisotopic (exact) mass is 643 g/mol. The second kappa shape index (κ2) is 19.9. The number of hydrogen-bond donors (Lipinski definition) is 2. The highest BCUT2D eigenvalue weighted by atomic mass is 15.0. The lowest BCUT2D eigenvalue weighted by Gasteiger charge is -2.48. The molecule has 2 aliphatic heterocycles. The van der Waals surface area contributed by atoms with E-state index in [-0.39, 0.29) is 0 Å². The van der Waals surface area contributed by atoms with Gasteiger partial charge >= 0.3 is 0 Å². The second-order valence-corrected chi connectivity index (χ2v) is 19.5. The summed E-state index contributed by atoms with van der Waals surface area (Å²) in [5.74, 6) is 10.3. The molecular weight excluding hydrogens is 556 g/mol. The van der Waals surface area contributed by atoms with E-state index in [1.54, 1.807) is 0 Å². The maximum Gasteiger partial charge on any atom is 0.00955 e. The maximum absolute atomic E-state index is 4.13. The van der Waals surface area contributed by atoms with Gasteiger partial charge in [-0.25, -0.2) is 0 Å². The molecule has 1 saturated carbocycles. The van der Waals surface area contributed by atoms with Gasteiger partial charge < -0.3 is 10.6 Å². The van der Waals surface area contributed by atoms with Gasteiger partial charge in [0, 0.05) is 24.2 Å². The van der Waals surface area contributed by atoms with E-state index in [1.807, 2.05) is 0 Å². The van der Waals surface area contributed by atoms with Crippen molar-refractivity contribution in [2.45, 2.75) is 210 Å². The molecule has 46 heavy (non-hydrogen) atoms. The van der Waals surface area contributed by atoms with Crippen molar-refractivity contribution in [3.63, 3.8) is 0 Å². The lowest BCUT2D eigenvalue weighted by Crippen LogP contribution is -2.52. The minimum absolute atomic E-state index is 0.705. The third kappa shape index (κ3) is 12.7. The summed E-state index contributed by atoms with van der Waals surface area (Å²) >= 11 is 0. The molecule has 2 heteroatoms. The zero-order chi connectivity index (χ0) is 34.0. The Morgan fingerprint density at radius 1 is 0.370 bits per heavy atom. The summed E-state index contributed by atoms with van der Waals surface area (Å²) in [6.07, 6.45) is 23.4. The molecule has 0 aromatic heterocycles. The van der Waals surface area contributed by atoms with Gasteiger partial charge in [-0.3, -0.25) is 0 Å². The van der Waals surface area contributed by atoms with E-state index < -0.39 is 0 Å². The van der Waals surface area contributed by atoms with Crippen LogP contribution < -0.4 is 10.6 Å². The molecule has 0 bridgehead atoms. The van der Waals surface area contributed by atoms with Gasteiger partial charge in [-0.05, 0) is 122 Å². The zero-order valence-electron chi connectivity index (χ0n) is 33.6. The minimum Gasteiger partial charge on any atom is -0.311 e. The van der Waals surface area contributed by atoms with Gasteiger partial charge in [-0.2, -0.15) is 0 Å². The normalized spacial score (nSPS) is 33.7. The molecule has 2 heterocycles. The van der Waals surface area contributed by atoms with E-state index in [0.29, 0.717) is 12.1 Å². The summed E-state index contributed by atoms with van der Waals surface area (Å²) in [6.45, 7) is 29.6. The molecule has 0 amide bonds. The molecule has 3 rings (SSSR count). The zero-order valence-corrected chi connectivity index (χ0v) is 33.6. The number of hydrogen-bond acceptors (Lipinski definition) is 2. The van der Waals surface area contributed by atoms with E-state index in [1.165, 1.54) is 103 Å². The van der Waals surface area contributed by atoms with Gasteiger partial charge in [0.2, 0.25) is 0 Å². The lowest BCUT2D eigenvalue weighted by atomic mass is 9.60. The van der Waals surface area contributed by atoms with Crippen molar-refractivity contribution in [1.82, 2.24) is 10.6 Å². The first kappa shape index (κ1) is 40.4. The molecule has 7 unspecified atom stereocenters. The Labute approximate surface area is 291 Å². The van der Waals surface area contributed by atoms with Crippen LogP contribution in [0.25, 0.3) is 0 Å². The van der Waals surface area contributed by atoms with Crippen LogP contribution in [-0.2, 0) is 0 Å². The van der Waals surface area contributed by atoms with Crippen LogP contribution in [0, 0.1) is 71.0 Å². The summed E-state index contributed by atoms with van der Waals surface area (Å²) in [6, 6.07) is 2.87. The maximum atomic E-state index is 4.13. The van der Waals surface area contributed by atoms with Gasteiger partial charge in [0.15, 0.2) is 0 Å². The van der Waals surface area contributed by atoms with E-state index >= 15 is 0 Å². The Hall–Kier alpha value is -0.0800. The van der Waals surface area contributed by atoms with Crippen LogP contribution >= 0.6 is 0 Å². The Morgan fingerprint density at radius 2 is 0.717 bits per heavy atom. The van der Waals surface area contributed by atoms with Crippen molar-refractivity contribution < 1.29 is 0 Å². The third-order valence-corrected chi connectivity index (χ3v) is 13.9. The van der Waals surface area contributed by atoms with Gasteiger partial charge in [0.05, 0.1) is 0 Å². The summed E-state index contributed by atoms with van der Waals surface area (Å²) in [7, 11) is 0. The van der Waals surface area contributed by atoms with Crippen LogP contribution in [0.3, 0.4) is 0 Å². The summed E-state index contributed by atoms with van der Waals surface area (Å²) in [5.41, 5.74) is 0. The van der Waals surface area contributed by atoms with E-state index in [2.05, 4.69) is 93.7 Å². The smallest absolute Gasteiger partial charge is 0.00955 e. The first-order valence-corrected chi connectivity index (χ1v) is 21.3. The van der Waals surface area contributed by atoms with E-state index in [9.17, 15) is 0 Å². The Bertz CT molecular complexity index is 712. The topological polar surface area (TPSA) is 24.1 Å². The van der Waals surface area contributed by atoms with Crippen molar-refractivity contribution in [3.8, 4) is 0 Å². The molecule has 2 nitrogen and oxygen atoms in total. The first-order chi connectivity index (χ1) is 21.8. The molecule has 0 radical (unpaired) electrons. The molecular formula is C44H86N2. The molecule has 0 aromatic rings. The Morgan fingerprint density at radius 3 is 1.13 bits per heavy atom. The van der Waals surface area contributed by atoms with Gasteiger partial charge in [-0.15, -0.1) is 0 Å². The highest BCUT2D eigenvalue weighted by Gasteiger charge is 2.42. The van der Waals surface area contributed by atoms with Crippen molar-refractivity contribution >= 4 is 0 Å². The van der Waals surface area contributed by atoms with E-state index in [0.717, 1.165) is 83.1 Å². The molecule has 2 N–H and O–H groups in total. The molecule has 1 aliphatic carbocycles. The number of nitrogens with one attached hydrogen (secondary N) is 2. The number of piperidine rings is 2. The molecule has 7 atom stereocenters. The molecule has 0 aromatic carbocycles. The van der Waals surface area contributed by atoms with Crippen LogP contribution in [0.15, 0.2) is 0 Å². The third-order valence-electron chi connectivity index (χ3n) is 13.9.